The van der Waals surface area contributed by atoms with Crippen LogP contribution in [0.15, 0.2) is 30.6 Å². The van der Waals surface area contributed by atoms with Crippen molar-refractivity contribution in [2.24, 2.45) is 7.05 Å². The third-order valence-electron chi connectivity index (χ3n) is 6.43. The highest BCUT2D eigenvalue weighted by Crippen LogP contribution is 2.41. The van der Waals surface area contributed by atoms with Crippen LogP contribution < -0.4 is 10.6 Å². The Morgan fingerprint density at radius 2 is 1.87 bits per heavy atom. The fourth-order valence-corrected chi connectivity index (χ4v) is 4.44. The monoisotopic (exact) mass is 550 g/mol. The van der Waals surface area contributed by atoms with E-state index in [1.54, 1.807) is 0 Å². The lowest BCUT2D eigenvalue weighted by Crippen LogP contribution is -2.24. The molecule has 0 spiro atoms. The molecule has 0 radical (unpaired) electrons. The standard InChI is InChI=1S/C26H30ClF3N6O2/c1-3-4-5-6-7-12-31-24(37)18-11-8-16(13-20(18)27)33-25(38)23-32-14-21(35(23)2)19-15-36(17-9-10-17)34-22(19)26(28,29)30/h8,11,13-15,17H,3-7,9-10,12H2,1-2H3,(H,31,37)(H,33,38). The largest absolute Gasteiger partial charge is 0.435 e. The van der Waals surface area contributed by atoms with Crippen LogP contribution in [0, 0.1) is 0 Å². The molecule has 2 N–H and O–H groups in total. The first-order valence-electron chi connectivity index (χ1n) is 12.7. The molecule has 8 nitrogen and oxygen atoms in total. The molecule has 0 aliphatic heterocycles. The Kier molecular flexibility index (Phi) is 8.44. The van der Waals surface area contributed by atoms with Crippen molar-refractivity contribution in [1.82, 2.24) is 24.6 Å². The van der Waals surface area contributed by atoms with E-state index in [0.29, 0.717) is 12.2 Å². The highest BCUT2D eigenvalue weighted by Gasteiger charge is 2.40. The lowest BCUT2D eigenvalue weighted by molar-refractivity contribution is -0.141. The van der Waals surface area contributed by atoms with E-state index < -0.39 is 17.8 Å². The summed E-state index contributed by atoms with van der Waals surface area (Å²) < 4.78 is 43.6. The number of alkyl halides is 3. The third kappa shape index (κ3) is 6.38. The molecule has 1 aliphatic carbocycles. The minimum atomic E-state index is -4.65. The minimum absolute atomic E-state index is 0.0403. The minimum Gasteiger partial charge on any atom is -0.352 e. The molecule has 2 heterocycles. The molecule has 1 aliphatic rings. The molecule has 38 heavy (non-hydrogen) atoms. The van der Waals surface area contributed by atoms with E-state index in [9.17, 15) is 22.8 Å². The molecule has 1 saturated carbocycles. The number of nitrogens with zero attached hydrogens (tertiary/aromatic N) is 4. The van der Waals surface area contributed by atoms with Crippen LogP contribution in [0.5, 0.6) is 0 Å². The van der Waals surface area contributed by atoms with Gasteiger partial charge in [-0.2, -0.15) is 18.3 Å². The number of hydrogen-bond acceptors (Lipinski definition) is 4. The van der Waals surface area contributed by atoms with Gasteiger partial charge in [0.15, 0.2) is 11.5 Å². The zero-order chi connectivity index (χ0) is 27.4. The van der Waals surface area contributed by atoms with Gasteiger partial charge in [0.05, 0.1) is 34.1 Å². The van der Waals surface area contributed by atoms with Gasteiger partial charge in [-0.25, -0.2) is 4.98 Å². The number of aromatic nitrogens is 4. The van der Waals surface area contributed by atoms with Crippen LogP contribution in [0.25, 0.3) is 11.3 Å². The highest BCUT2D eigenvalue weighted by molar-refractivity contribution is 6.34. The molecular formula is C26H30ClF3N6O2. The molecule has 4 rings (SSSR count). The fourth-order valence-electron chi connectivity index (χ4n) is 4.18. The van der Waals surface area contributed by atoms with E-state index in [1.807, 2.05) is 0 Å². The molecule has 2 aromatic heterocycles. The summed E-state index contributed by atoms with van der Waals surface area (Å²) in [6.45, 7) is 2.69. The van der Waals surface area contributed by atoms with Crippen molar-refractivity contribution >= 4 is 29.1 Å². The number of halogens is 4. The van der Waals surface area contributed by atoms with Crippen molar-refractivity contribution in [3.63, 3.8) is 0 Å². The molecular weight excluding hydrogens is 521 g/mol. The van der Waals surface area contributed by atoms with Crippen LogP contribution >= 0.6 is 11.6 Å². The molecule has 204 valence electrons. The first-order chi connectivity index (χ1) is 18.1. The maximum Gasteiger partial charge on any atom is 0.435 e. The molecule has 0 saturated heterocycles. The summed E-state index contributed by atoms with van der Waals surface area (Å²) in [7, 11) is 1.47. The number of imidazole rings is 1. The summed E-state index contributed by atoms with van der Waals surface area (Å²) in [5, 5.41) is 9.40. The quantitative estimate of drug-likeness (QED) is 0.276. The van der Waals surface area contributed by atoms with Crippen LogP contribution in [-0.2, 0) is 13.2 Å². The topological polar surface area (TPSA) is 93.8 Å². The van der Waals surface area contributed by atoms with E-state index in [-0.39, 0.29) is 39.6 Å². The summed E-state index contributed by atoms with van der Waals surface area (Å²) in [5.74, 6) is -1.03. The molecule has 0 bridgehead atoms. The number of anilines is 1. The maximum atomic E-state index is 13.6. The molecule has 3 aromatic rings. The number of carbonyl (C=O) groups excluding carboxylic acids is 2. The van der Waals surface area contributed by atoms with Crippen LogP contribution in [-0.4, -0.2) is 37.7 Å². The zero-order valence-electron chi connectivity index (χ0n) is 21.2. The summed E-state index contributed by atoms with van der Waals surface area (Å²) in [5.41, 5.74) is -0.430. The Morgan fingerprint density at radius 1 is 1.13 bits per heavy atom. The normalized spacial score (nSPS) is 13.5. The first kappa shape index (κ1) is 27.7. The van der Waals surface area contributed by atoms with Crippen molar-refractivity contribution in [1.29, 1.82) is 0 Å². The molecule has 0 unspecified atom stereocenters. The van der Waals surface area contributed by atoms with Crippen LogP contribution in [0.2, 0.25) is 5.02 Å². The lowest BCUT2D eigenvalue weighted by Gasteiger charge is -2.10. The summed E-state index contributed by atoms with van der Waals surface area (Å²) in [4.78, 5) is 29.4. The molecule has 12 heteroatoms. The predicted molar refractivity (Wildman–Crippen MR) is 138 cm³/mol. The van der Waals surface area contributed by atoms with Crippen molar-refractivity contribution < 1.29 is 22.8 Å². The van der Waals surface area contributed by atoms with Gasteiger partial charge >= 0.3 is 6.18 Å². The van der Waals surface area contributed by atoms with Gasteiger partial charge in [-0.3, -0.25) is 14.3 Å². The van der Waals surface area contributed by atoms with E-state index in [4.69, 9.17) is 11.6 Å². The van der Waals surface area contributed by atoms with Gasteiger partial charge in [-0.15, -0.1) is 0 Å². The summed E-state index contributed by atoms with van der Waals surface area (Å²) >= 11 is 6.29. The highest BCUT2D eigenvalue weighted by atomic mass is 35.5. The van der Waals surface area contributed by atoms with Gasteiger partial charge < -0.3 is 15.2 Å². The number of rotatable bonds is 11. The third-order valence-corrected chi connectivity index (χ3v) is 6.74. The zero-order valence-corrected chi connectivity index (χ0v) is 22.0. The average Bonchev–Trinajstić information content (AvgIpc) is 3.48. The second-order valence-electron chi connectivity index (χ2n) is 9.45. The number of nitrogens with one attached hydrogen (secondary N) is 2. The number of unbranched alkanes of at least 4 members (excludes halogenated alkanes) is 4. The summed E-state index contributed by atoms with van der Waals surface area (Å²) in [6.07, 6.45) is 4.86. The van der Waals surface area contributed by atoms with Crippen molar-refractivity contribution in [2.45, 2.75) is 64.1 Å². The SMILES string of the molecule is CCCCCCCNC(=O)c1ccc(NC(=O)c2ncc(-c3cn(C4CC4)nc3C(F)(F)F)n2C)cc1Cl. The fraction of sp³-hybridized carbons (Fsp3) is 0.462. The Labute approximate surface area is 223 Å². The van der Waals surface area contributed by atoms with Crippen LogP contribution in [0.3, 0.4) is 0 Å². The van der Waals surface area contributed by atoms with Crippen molar-refractivity contribution in [2.75, 3.05) is 11.9 Å². The molecule has 0 atom stereocenters. The van der Waals surface area contributed by atoms with Gasteiger partial charge in [0, 0.05) is 25.5 Å². The second-order valence-corrected chi connectivity index (χ2v) is 9.85. The van der Waals surface area contributed by atoms with Gasteiger partial charge in [0.2, 0.25) is 0 Å². The lowest BCUT2D eigenvalue weighted by atomic mass is 10.1. The number of carbonyl (C=O) groups is 2. The van der Waals surface area contributed by atoms with Crippen LogP contribution in [0.4, 0.5) is 18.9 Å². The number of amides is 2. The second kappa shape index (κ2) is 11.6. The Bertz CT molecular complexity index is 1310. The van der Waals surface area contributed by atoms with E-state index >= 15 is 0 Å². The van der Waals surface area contributed by atoms with E-state index in [1.165, 1.54) is 53.3 Å². The van der Waals surface area contributed by atoms with Gasteiger partial charge in [0.25, 0.3) is 11.8 Å². The maximum absolute atomic E-state index is 13.6. The Morgan fingerprint density at radius 3 is 2.53 bits per heavy atom. The van der Waals surface area contributed by atoms with Crippen molar-refractivity contribution in [3.05, 3.63) is 52.7 Å². The van der Waals surface area contributed by atoms with Gasteiger partial charge in [0.1, 0.15) is 0 Å². The smallest absolute Gasteiger partial charge is 0.352 e. The van der Waals surface area contributed by atoms with Gasteiger partial charge in [-0.1, -0.05) is 44.2 Å². The van der Waals surface area contributed by atoms with E-state index in [0.717, 1.165) is 38.5 Å². The molecule has 1 fully saturated rings. The predicted octanol–water partition coefficient (Wildman–Crippen LogP) is 6.24. The number of hydrogen-bond donors (Lipinski definition) is 2. The van der Waals surface area contributed by atoms with Crippen molar-refractivity contribution in [3.8, 4) is 11.3 Å². The Hall–Kier alpha value is -3.34. The molecule has 1 aromatic carbocycles. The number of benzene rings is 1. The van der Waals surface area contributed by atoms with Gasteiger partial charge in [-0.05, 0) is 37.5 Å². The summed E-state index contributed by atoms with van der Waals surface area (Å²) in [6, 6.07) is 4.45. The van der Waals surface area contributed by atoms with Crippen LogP contribution in [0.1, 0.15) is 84.6 Å². The Balaban J connectivity index is 1.44. The molecule has 2 amide bonds. The average molecular weight is 551 g/mol. The van der Waals surface area contributed by atoms with E-state index in [2.05, 4.69) is 27.6 Å². The first-order valence-corrected chi connectivity index (χ1v) is 13.1.